The lowest BCUT2D eigenvalue weighted by atomic mass is 10.1. The van der Waals surface area contributed by atoms with E-state index in [0.717, 1.165) is 37.7 Å². The summed E-state index contributed by atoms with van der Waals surface area (Å²) >= 11 is 6.48. The number of nitrogens with one attached hydrogen (secondary N) is 1. The Morgan fingerprint density at radius 1 is 1.19 bits per heavy atom. The molecule has 1 atom stereocenters. The molecule has 21 heavy (non-hydrogen) atoms. The maximum atomic E-state index is 6.48. The number of anilines is 1. The summed E-state index contributed by atoms with van der Waals surface area (Å²) in [5.74, 6) is 0. The first-order valence-corrected chi connectivity index (χ1v) is 8.53. The molecule has 0 radical (unpaired) electrons. The van der Waals surface area contributed by atoms with Crippen LogP contribution in [-0.2, 0) is 0 Å². The minimum atomic E-state index is 0.304. The highest BCUT2D eigenvalue weighted by atomic mass is 35.5. The van der Waals surface area contributed by atoms with Crippen LogP contribution in [0.25, 0.3) is 0 Å². The molecule has 1 aromatic carbocycles. The van der Waals surface area contributed by atoms with Crippen molar-refractivity contribution in [2.45, 2.75) is 33.2 Å². The van der Waals surface area contributed by atoms with Crippen molar-refractivity contribution in [3.05, 3.63) is 28.8 Å². The monoisotopic (exact) mass is 309 g/mol. The number of nitrogens with zero attached hydrogens (tertiary/aromatic N) is 2. The Morgan fingerprint density at radius 3 is 2.48 bits per heavy atom. The molecule has 1 aromatic rings. The zero-order chi connectivity index (χ0) is 15.2. The van der Waals surface area contributed by atoms with Gasteiger partial charge in [0.25, 0.3) is 0 Å². The number of benzene rings is 1. The molecule has 1 unspecified atom stereocenters. The molecular formula is C17H28ClN3. The molecular weight excluding hydrogens is 282 g/mol. The molecule has 1 aliphatic heterocycles. The fourth-order valence-electron chi connectivity index (χ4n) is 3.03. The van der Waals surface area contributed by atoms with E-state index in [1.807, 2.05) is 0 Å². The lowest BCUT2D eigenvalue weighted by Gasteiger charge is -2.36. The van der Waals surface area contributed by atoms with E-state index in [4.69, 9.17) is 11.6 Å². The van der Waals surface area contributed by atoms with Crippen molar-refractivity contribution in [3.63, 3.8) is 0 Å². The molecule has 0 aliphatic carbocycles. The predicted molar refractivity (Wildman–Crippen MR) is 92.5 cm³/mol. The van der Waals surface area contributed by atoms with Crippen molar-refractivity contribution in [1.29, 1.82) is 0 Å². The average Bonchev–Trinajstić information content (AvgIpc) is 2.48. The van der Waals surface area contributed by atoms with Crippen LogP contribution < -0.4 is 10.2 Å². The quantitative estimate of drug-likeness (QED) is 0.867. The zero-order valence-corrected chi connectivity index (χ0v) is 14.3. The van der Waals surface area contributed by atoms with Gasteiger partial charge < -0.3 is 10.2 Å². The van der Waals surface area contributed by atoms with Gasteiger partial charge in [-0.3, -0.25) is 4.90 Å². The number of halogens is 1. The average molecular weight is 310 g/mol. The standard InChI is InChI=1S/C17H28ClN3/c1-4-8-20-9-11-21(12-10-20)15-6-7-16(17(18)13-15)14(3)19-5-2/h6-7,13-14,19H,4-5,8-12H2,1-3H3. The molecule has 0 aromatic heterocycles. The summed E-state index contributed by atoms with van der Waals surface area (Å²) in [5, 5.41) is 4.29. The van der Waals surface area contributed by atoms with E-state index < -0.39 is 0 Å². The van der Waals surface area contributed by atoms with Crippen molar-refractivity contribution in [2.75, 3.05) is 44.2 Å². The summed E-state index contributed by atoms with van der Waals surface area (Å²) in [6.45, 7) is 13.2. The molecule has 1 fully saturated rings. The van der Waals surface area contributed by atoms with Crippen LogP contribution in [0.1, 0.15) is 38.8 Å². The van der Waals surface area contributed by atoms with E-state index in [-0.39, 0.29) is 0 Å². The first kappa shape index (κ1) is 16.6. The predicted octanol–water partition coefficient (Wildman–Crippen LogP) is 3.54. The van der Waals surface area contributed by atoms with Crippen molar-refractivity contribution < 1.29 is 0 Å². The Balaban J connectivity index is 2.00. The Morgan fingerprint density at radius 2 is 1.90 bits per heavy atom. The normalized spacial score (nSPS) is 18.0. The van der Waals surface area contributed by atoms with Gasteiger partial charge in [-0.1, -0.05) is 31.5 Å². The van der Waals surface area contributed by atoms with Gasteiger partial charge in [0.1, 0.15) is 0 Å². The fraction of sp³-hybridized carbons (Fsp3) is 0.647. The van der Waals surface area contributed by atoms with E-state index in [0.29, 0.717) is 6.04 Å². The minimum Gasteiger partial charge on any atom is -0.369 e. The maximum Gasteiger partial charge on any atom is 0.0474 e. The number of rotatable bonds is 6. The van der Waals surface area contributed by atoms with Gasteiger partial charge in [0.2, 0.25) is 0 Å². The second kappa shape index (κ2) is 8.02. The van der Waals surface area contributed by atoms with Gasteiger partial charge in [-0.15, -0.1) is 0 Å². The van der Waals surface area contributed by atoms with Gasteiger partial charge >= 0.3 is 0 Å². The van der Waals surface area contributed by atoms with Crippen molar-refractivity contribution in [2.24, 2.45) is 0 Å². The van der Waals surface area contributed by atoms with E-state index in [1.54, 1.807) is 0 Å². The summed E-state index contributed by atoms with van der Waals surface area (Å²) in [6, 6.07) is 6.81. The second-order valence-electron chi connectivity index (χ2n) is 5.81. The van der Waals surface area contributed by atoms with Crippen LogP contribution in [0.15, 0.2) is 18.2 Å². The van der Waals surface area contributed by atoms with Gasteiger partial charge in [0.05, 0.1) is 0 Å². The van der Waals surface area contributed by atoms with E-state index in [2.05, 4.69) is 54.1 Å². The molecule has 1 N–H and O–H groups in total. The summed E-state index contributed by atoms with van der Waals surface area (Å²) in [4.78, 5) is 4.99. The van der Waals surface area contributed by atoms with Crippen LogP contribution in [0.2, 0.25) is 5.02 Å². The molecule has 2 rings (SSSR count). The highest BCUT2D eigenvalue weighted by molar-refractivity contribution is 6.31. The number of piperazine rings is 1. The largest absolute Gasteiger partial charge is 0.369 e. The summed E-state index contributed by atoms with van der Waals surface area (Å²) < 4.78 is 0. The van der Waals surface area contributed by atoms with Crippen LogP contribution in [0.5, 0.6) is 0 Å². The molecule has 1 aliphatic rings. The van der Waals surface area contributed by atoms with Crippen molar-refractivity contribution in [3.8, 4) is 0 Å². The smallest absolute Gasteiger partial charge is 0.0474 e. The molecule has 1 saturated heterocycles. The lowest BCUT2D eigenvalue weighted by Crippen LogP contribution is -2.46. The van der Waals surface area contributed by atoms with Crippen LogP contribution >= 0.6 is 11.6 Å². The molecule has 0 saturated carbocycles. The van der Waals surface area contributed by atoms with Gasteiger partial charge in [0.15, 0.2) is 0 Å². The molecule has 4 heteroatoms. The van der Waals surface area contributed by atoms with E-state index in [9.17, 15) is 0 Å². The van der Waals surface area contributed by atoms with Gasteiger partial charge in [-0.2, -0.15) is 0 Å². The second-order valence-corrected chi connectivity index (χ2v) is 6.22. The fourth-order valence-corrected chi connectivity index (χ4v) is 3.36. The SMILES string of the molecule is CCCN1CCN(c2ccc(C(C)NCC)c(Cl)c2)CC1. The highest BCUT2D eigenvalue weighted by Gasteiger charge is 2.17. The summed E-state index contributed by atoms with van der Waals surface area (Å²) in [6.07, 6.45) is 1.24. The molecule has 1 heterocycles. The molecule has 0 amide bonds. The maximum absolute atomic E-state index is 6.48. The Hall–Kier alpha value is -0.770. The van der Waals surface area contributed by atoms with Crippen molar-refractivity contribution in [1.82, 2.24) is 10.2 Å². The van der Waals surface area contributed by atoms with Crippen molar-refractivity contribution >= 4 is 17.3 Å². The van der Waals surface area contributed by atoms with Gasteiger partial charge in [0, 0.05) is 42.9 Å². The van der Waals surface area contributed by atoms with Gasteiger partial charge in [-0.05, 0) is 44.1 Å². The van der Waals surface area contributed by atoms with Crippen LogP contribution in [0.3, 0.4) is 0 Å². The van der Waals surface area contributed by atoms with E-state index in [1.165, 1.54) is 24.2 Å². The lowest BCUT2D eigenvalue weighted by molar-refractivity contribution is 0.258. The van der Waals surface area contributed by atoms with Crippen LogP contribution in [0.4, 0.5) is 5.69 Å². The van der Waals surface area contributed by atoms with Gasteiger partial charge in [-0.25, -0.2) is 0 Å². The third-order valence-corrected chi connectivity index (χ3v) is 4.57. The topological polar surface area (TPSA) is 18.5 Å². The van der Waals surface area contributed by atoms with Crippen LogP contribution in [-0.4, -0.2) is 44.2 Å². The highest BCUT2D eigenvalue weighted by Crippen LogP contribution is 2.28. The third-order valence-electron chi connectivity index (χ3n) is 4.24. The minimum absolute atomic E-state index is 0.304. The third kappa shape index (κ3) is 4.35. The Labute approximate surface area is 134 Å². The first-order chi connectivity index (χ1) is 10.2. The Kier molecular flexibility index (Phi) is 6.34. The summed E-state index contributed by atoms with van der Waals surface area (Å²) in [5.41, 5.74) is 2.44. The van der Waals surface area contributed by atoms with E-state index >= 15 is 0 Å². The Bertz CT molecular complexity index is 442. The first-order valence-electron chi connectivity index (χ1n) is 8.15. The molecule has 0 bridgehead atoms. The number of hydrogen-bond acceptors (Lipinski definition) is 3. The number of hydrogen-bond donors (Lipinski definition) is 1. The molecule has 118 valence electrons. The van der Waals surface area contributed by atoms with Crippen LogP contribution in [0, 0.1) is 0 Å². The zero-order valence-electron chi connectivity index (χ0n) is 13.5. The summed E-state index contributed by atoms with van der Waals surface area (Å²) in [7, 11) is 0. The molecule has 0 spiro atoms. The molecule has 3 nitrogen and oxygen atoms in total.